The normalized spacial score (nSPS) is 14.7. The molecule has 1 aromatic heterocycles. The maximum Gasteiger partial charge on any atom is 0.204 e. The molecule has 0 unspecified atom stereocenters. The molecule has 7 N–H and O–H groups in total. The first-order valence-corrected chi connectivity index (χ1v) is 18.6. The minimum absolute atomic E-state index is 0.000203. The number of hydrogen-bond donors (Lipinski definition) is 7. The van der Waals surface area contributed by atoms with Crippen LogP contribution in [0.15, 0.2) is 101 Å². The number of rotatable bonds is 3. The van der Waals surface area contributed by atoms with Crippen LogP contribution in [0.1, 0.15) is 49.3 Å². The summed E-state index contributed by atoms with van der Waals surface area (Å²) < 4.78 is 6.29. The summed E-state index contributed by atoms with van der Waals surface area (Å²) in [5.74, 6) is -4.91. The third-order valence-corrected chi connectivity index (χ3v) is 12.4. The van der Waals surface area contributed by atoms with E-state index >= 15 is 0 Å². The molecule has 9 aromatic rings. The molecule has 0 saturated heterocycles. The van der Waals surface area contributed by atoms with Crippen molar-refractivity contribution >= 4 is 54.3 Å². The van der Waals surface area contributed by atoms with Gasteiger partial charge in [-0.25, -0.2) is 0 Å². The largest absolute Gasteiger partial charge is 0.507 e. The highest BCUT2D eigenvalue weighted by molar-refractivity contribution is 6.29. The molecule has 0 spiro atoms. The van der Waals surface area contributed by atoms with Gasteiger partial charge in [0.15, 0.2) is 23.0 Å². The summed E-state index contributed by atoms with van der Waals surface area (Å²) in [5, 5.41) is 85.9. The van der Waals surface area contributed by atoms with E-state index in [0.717, 1.165) is 43.8 Å². The van der Waals surface area contributed by atoms with E-state index < -0.39 is 34.5 Å². The second-order valence-corrected chi connectivity index (χ2v) is 15.8. The Balaban J connectivity index is 1.34. The minimum Gasteiger partial charge on any atom is -0.507 e. The van der Waals surface area contributed by atoms with E-state index in [1.54, 1.807) is 12.1 Å². The van der Waals surface area contributed by atoms with E-state index in [1.165, 1.54) is 0 Å². The van der Waals surface area contributed by atoms with Gasteiger partial charge >= 0.3 is 0 Å². The first kappa shape index (κ1) is 32.4. The number of aromatic hydroxyl groups is 7. The van der Waals surface area contributed by atoms with Crippen LogP contribution in [-0.2, 0) is 5.41 Å². The number of hydrogen-bond acceptors (Lipinski definition) is 8. The molecule has 8 aromatic carbocycles. The van der Waals surface area contributed by atoms with E-state index in [9.17, 15) is 35.7 Å². The highest BCUT2D eigenvalue weighted by Gasteiger charge is 2.39. The predicted octanol–water partition coefficient (Wildman–Crippen LogP) is 11.5. The highest BCUT2D eigenvalue weighted by atomic mass is 16.3. The zero-order valence-electron chi connectivity index (χ0n) is 30.3. The molecule has 2 aliphatic carbocycles. The molecule has 0 atom stereocenters. The fourth-order valence-corrected chi connectivity index (χ4v) is 9.57. The molecule has 0 aliphatic heterocycles. The van der Waals surface area contributed by atoms with Crippen molar-refractivity contribution in [2.24, 2.45) is 0 Å². The number of fused-ring (bicyclic) bond motifs is 10. The van der Waals surface area contributed by atoms with Crippen LogP contribution in [0.2, 0.25) is 0 Å². The maximum atomic E-state index is 12.4. The lowest BCUT2D eigenvalue weighted by Crippen LogP contribution is -2.14. The van der Waals surface area contributed by atoms with Gasteiger partial charge in [0.05, 0.1) is 0 Å². The van der Waals surface area contributed by atoms with Gasteiger partial charge in [-0.2, -0.15) is 0 Å². The summed E-state index contributed by atoms with van der Waals surface area (Å²) in [6.07, 6.45) is 1.37. The third-order valence-electron chi connectivity index (χ3n) is 12.4. The van der Waals surface area contributed by atoms with Gasteiger partial charge in [-0.3, -0.25) is 0 Å². The molecule has 0 amide bonds. The van der Waals surface area contributed by atoms with E-state index in [0.29, 0.717) is 35.1 Å². The lowest BCUT2D eigenvalue weighted by Gasteiger charge is -2.24. The van der Waals surface area contributed by atoms with E-state index in [-0.39, 0.29) is 55.3 Å². The fourth-order valence-electron chi connectivity index (χ4n) is 9.57. The Morgan fingerprint density at radius 3 is 1.77 bits per heavy atom. The molecule has 8 nitrogen and oxygen atoms in total. The van der Waals surface area contributed by atoms with Gasteiger partial charge in [-0.1, -0.05) is 86.6 Å². The van der Waals surface area contributed by atoms with Crippen molar-refractivity contribution in [2.45, 2.75) is 38.0 Å². The molecular weight excluding hydrogens is 705 g/mol. The summed E-state index contributed by atoms with van der Waals surface area (Å²) in [6, 6.07) is 31.0. The van der Waals surface area contributed by atoms with Gasteiger partial charge in [-0.05, 0) is 87.2 Å². The van der Waals surface area contributed by atoms with Crippen molar-refractivity contribution < 1.29 is 40.2 Å². The highest BCUT2D eigenvalue weighted by Crippen LogP contribution is 2.63. The van der Waals surface area contributed by atoms with Crippen molar-refractivity contribution in [3.05, 3.63) is 114 Å². The van der Waals surface area contributed by atoms with Gasteiger partial charge < -0.3 is 40.2 Å². The molecule has 1 heterocycles. The second-order valence-electron chi connectivity index (χ2n) is 15.8. The molecule has 11 rings (SSSR count). The standard InChI is InChI=1S/C48H34O8/c1-48(2)29-10-6-5-9-26(29)27-19-23(13-16-30(27)48)34-38-37(41(49)35(22-11-12-22)42(50)43(38)51)33(39-40(34)45(53)47(55)46(54)44(39)52)24-15-17-31-28(20-24)36-25-8-4-3-7-21(25)14-18-32(36)56-31/h3-10,13-20,22,49-55H,11-12H2,1-2H3. The van der Waals surface area contributed by atoms with Crippen molar-refractivity contribution in [2.75, 3.05) is 0 Å². The predicted molar refractivity (Wildman–Crippen MR) is 218 cm³/mol. The van der Waals surface area contributed by atoms with Crippen molar-refractivity contribution in [1.29, 1.82) is 0 Å². The Labute approximate surface area is 319 Å². The molecular formula is C48H34O8. The Hall–Kier alpha value is -7.06. The zero-order valence-corrected chi connectivity index (χ0v) is 30.3. The van der Waals surface area contributed by atoms with Crippen LogP contribution >= 0.6 is 0 Å². The molecule has 2 aliphatic rings. The SMILES string of the molecule is CC1(C)c2ccccc2-c2cc(-c3c4c(O)c(O)c(O)c(O)c4c(-c4ccc5oc6ccc7ccccc7c6c5c4)c4c(O)c(C5CC5)c(O)c(O)c34)ccc21. The first-order chi connectivity index (χ1) is 27.0. The van der Waals surface area contributed by atoms with Crippen molar-refractivity contribution in [1.82, 2.24) is 0 Å². The minimum atomic E-state index is -0.959. The lowest BCUT2D eigenvalue weighted by molar-refractivity contribution is 0.351. The summed E-state index contributed by atoms with van der Waals surface area (Å²) in [7, 11) is 0. The van der Waals surface area contributed by atoms with Gasteiger partial charge in [-0.15, -0.1) is 0 Å². The van der Waals surface area contributed by atoms with Crippen molar-refractivity contribution in [3.8, 4) is 73.6 Å². The summed E-state index contributed by atoms with van der Waals surface area (Å²) in [4.78, 5) is 0. The van der Waals surface area contributed by atoms with Crippen molar-refractivity contribution in [3.63, 3.8) is 0 Å². The topological polar surface area (TPSA) is 155 Å². The first-order valence-electron chi connectivity index (χ1n) is 18.6. The van der Waals surface area contributed by atoms with E-state index in [1.807, 2.05) is 78.9 Å². The molecule has 0 radical (unpaired) electrons. The molecule has 1 saturated carbocycles. The van der Waals surface area contributed by atoms with Crippen LogP contribution in [0, 0.1) is 0 Å². The fraction of sp³-hybridized carbons (Fsp3) is 0.125. The molecule has 8 heteroatoms. The number of phenols is 7. The quantitative estimate of drug-likeness (QED) is 0.0537. The lowest BCUT2D eigenvalue weighted by atomic mass is 9.80. The monoisotopic (exact) mass is 738 g/mol. The van der Waals surface area contributed by atoms with E-state index in [4.69, 9.17) is 4.42 Å². The molecule has 274 valence electrons. The zero-order chi connectivity index (χ0) is 38.5. The number of furan rings is 1. The van der Waals surface area contributed by atoms with Crippen LogP contribution in [-0.4, -0.2) is 35.7 Å². The summed E-state index contributed by atoms with van der Waals surface area (Å²) in [5.41, 5.74) is 6.41. The van der Waals surface area contributed by atoms with Gasteiger partial charge in [0, 0.05) is 54.4 Å². The third kappa shape index (κ3) is 4.02. The smallest absolute Gasteiger partial charge is 0.204 e. The Morgan fingerprint density at radius 2 is 1.05 bits per heavy atom. The van der Waals surface area contributed by atoms with Gasteiger partial charge in [0.2, 0.25) is 11.5 Å². The number of phenolic OH excluding ortho intramolecular Hbond substituents is 7. The van der Waals surface area contributed by atoms with Gasteiger partial charge in [0.25, 0.3) is 0 Å². The molecule has 1 fully saturated rings. The average Bonchev–Trinajstić information content (AvgIpc) is 3.93. The Morgan fingerprint density at radius 1 is 0.482 bits per heavy atom. The van der Waals surface area contributed by atoms with Crippen LogP contribution < -0.4 is 0 Å². The average molecular weight is 739 g/mol. The van der Waals surface area contributed by atoms with Crippen LogP contribution in [0.25, 0.3) is 87.6 Å². The summed E-state index contributed by atoms with van der Waals surface area (Å²) in [6.45, 7) is 4.29. The Kier molecular flexibility index (Phi) is 6.24. The Bertz CT molecular complexity index is 3260. The maximum absolute atomic E-state index is 12.4. The molecule has 0 bridgehead atoms. The van der Waals surface area contributed by atoms with Crippen LogP contribution in [0.3, 0.4) is 0 Å². The molecule has 56 heavy (non-hydrogen) atoms. The number of benzene rings is 8. The van der Waals surface area contributed by atoms with Crippen LogP contribution in [0.5, 0.6) is 40.2 Å². The van der Waals surface area contributed by atoms with Crippen LogP contribution in [0.4, 0.5) is 0 Å². The van der Waals surface area contributed by atoms with E-state index in [2.05, 4.69) is 19.9 Å². The van der Waals surface area contributed by atoms with Gasteiger partial charge in [0.1, 0.15) is 16.9 Å². The summed E-state index contributed by atoms with van der Waals surface area (Å²) >= 11 is 0. The second kappa shape index (κ2) is 10.8.